The first-order valence-corrected chi connectivity index (χ1v) is 16.5. The van der Waals surface area contributed by atoms with Gasteiger partial charge in [0.1, 0.15) is 11.4 Å². The van der Waals surface area contributed by atoms with Gasteiger partial charge in [0.25, 0.3) is 0 Å². The molecule has 1 heterocycles. The highest BCUT2D eigenvalue weighted by atomic mass is 32.2. The Labute approximate surface area is 262 Å². The summed E-state index contributed by atoms with van der Waals surface area (Å²) in [6, 6.07) is 22.9. The minimum atomic E-state index is -1.11. The standard InChI is InChI=1S/C37H47NO4S/c1-25-20-28(21-26(2)34(25)41-37(6,7)35(40)42-36(3,4)5)14-15-30-23-38(22-27-12-10-9-11-13-27)24-32(30)33(39)29-16-18-31(43-8)19-17-29/h9-13,16-21,30,32H,14-15,22-24H2,1-8H3. The predicted octanol–water partition coefficient (Wildman–Crippen LogP) is 8.09. The van der Waals surface area contributed by atoms with Crippen molar-refractivity contribution in [3.8, 4) is 5.75 Å². The van der Waals surface area contributed by atoms with Crippen molar-refractivity contribution in [3.63, 3.8) is 0 Å². The van der Waals surface area contributed by atoms with Gasteiger partial charge in [-0.25, -0.2) is 4.79 Å². The highest BCUT2D eigenvalue weighted by Crippen LogP contribution is 2.34. The topological polar surface area (TPSA) is 55.8 Å². The molecule has 2 unspecified atom stereocenters. The van der Waals surface area contributed by atoms with Crippen LogP contribution in [-0.4, -0.2) is 47.2 Å². The van der Waals surface area contributed by atoms with Crippen molar-refractivity contribution in [1.82, 2.24) is 4.90 Å². The zero-order valence-electron chi connectivity index (χ0n) is 27.0. The van der Waals surface area contributed by atoms with Crippen molar-refractivity contribution >= 4 is 23.5 Å². The monoisotopic (exact) mass is 601 g/mol. The molecule has 0 spiro atoms. The highest BCUT2D eigenvalue weighted by Gasteiger charge is 2.38. The Hall–Kier alpha value is -3.09. The lowest BCUT2D eigenvalue weighted by Crippen LogP contribution is -2.43. The van der Waals surface area contributed by atoms with E-state index < -0.39 is 11.2 Å². The molecule has 0 radical (unpaired) electrons. The fourth-order valence-electron chi connectivity index (χ4n) is 5.89. The quantitative estimate of drug-likeness (QED) is 0.126. The van der Waals surface area contributed by atoms with Gasteiger partial charge in [0, 0.05) is 36.0 Å². The van der Waals surface area contributed by atoms with E-state index in [1.807, 2.05) is 65.0 Å². The SMILES string of the molecule is CSc1ccc(C(=O)C2CN(Cc3ccccc3)CC2CCc2cc(C)c(OC(C)(C)C(=O)OC(C)(C)C)c(C)c2)cc1. The number of hydrogen-bond acceptors (Lipinski definition) is 6. The van der Waals surface area contributed by atoms with Crippen LogP contribution in [0.4, 0.5) is 0 Å². The highest BCUT2D eigenvalue weighted by molar-refractivity contribution is 7.98. The van der Waals surface area contributed by atoms with Crippen molar-refractivity contribution in [2.24, 2.45) is 11.8 Å². The van der Waals surface area contributed by atoms with Crippen molar-refractivity contribution < 1.29 is 19.1 Å². The number of ketones is 1. The Kier molecular flexibility index (Phi) is 10.4. The molecular formula is C37H47NO4S. The Morgan fingerprint density at radius 1 is 0.884 bits per heavy atom. The maximum absolute atomic E-state index is 13.8. The average Bonchev–Trinajstić information content (AvgIpc) is 3.35. The molecule has 1 aliphatic heterocycles. The number of esters is 1. The largest absolute Gasteiger partial charge is 0.476 e. The number of aryl methyl sites for hydroxylation is 3. The van der Waals surface area contributed by atoms with Gasteiger partial charge in [0.05, 0.1) is 0 Å². The average molecular weight is 602 g/mol. The van der Waals surface area contributed by atoms with Crippen LogP contribution in [-0.2, 0) is 22.5 Å². The van der Waals surface area contributed by atoms with Crippen molar-refractivity contribution in [3.05, 3.63) is 94.5 Å². The van der Waals surface area contributed by atoms with E-state index >= 15 is 0 Å². The molecule has 1 aliphatic rings. The number of likely N-dealkylation sites (tertiary alicyclic amines) is 1. The molecule has 1 saturated heterocycles. The van der Waals surface area contributed by atoms with Gasteiger partial charge in [-0.3, -0.25) is 9.69 Å². The molecule has 5 nitrogen and oxygen atoms in total. The molecule has 0 amide bonds. The van der Waals surface area contributed by atoms with E-state index in [-0.39, 0.29) is 23.6 Å². The third-order valence-electron chi connectivity index (χ3n) is 8.05. The summed E-state index contributed by atoms with van der Waals surface area (Å²) in [5.41, 5.74) is 3.58. The van der Waals surface area contributed by atoms with E-state index in [0.717, 1.165) is 59.8 Å². The van der Waals surface area contributed by atoms with Gasteiger partial charge in [0.15, 0.2) is 11.4 Å². The number of nitrogens with zero attached hydrogens (tertiary/aromatic N) is 1. The molecular weight excluding hydrogens is 554 g/mol. The summed E-state index contributed by atoms with van der Waals surface area (Å²) in [5, 5.41) is 0. The molecule has 230 valence electrons. The number of Topliss-reactive ketones (excluding diaryl/α,β-unsaturated/α-hetero) is 1. The van der Waals surface area contributed by atoms with Gasteiger partial charge in [-0.15, -0.1) is 11.8 Å². The zero-order chi connectivity index (χ0) is 31.4. The second-order valence-electron chi connectivity index (χ2n) is 13.4. The second-order valence-corrected chi connectivity index (χ2v) is 14.2. The Morgan fingerprint density at radius 2 is 1.51 bits per heavy atom. The normalized spacial score (nSPS) is 17.6. The lowest BCUT2D eigenvalue weighted by Gasteiger charge is -2.30. The third-order valence-corrected chi connectivity index (χ3v) is 8.79. The number of thioether (sulfide) groups is 1. The molecule has 3 aromatic carbocycles. The molecule has 0 saturated carbocycles. The van der Waals surface area contributed by atoms with Crippen molar-refractivity contribution in [2.45, 2.75) is 84.0 Å². The number of hydrogen-bond donors (Lipinski definition) is 0. The van der Waals surface area contributed by atoms with Gasteiger partial charge in [-0.1, -0.05) is 54.6 Å². The van der Waals surface area contributed by atoms with E-state index in [1.54, 1.807) is 25.6 Å². The molecule has 6 heteroatoms. The lowest BCUT2D eigenvalue weighted by molar-refractivity contribution is -0.171. The summed E-state index contributed by atoms with van der Waals surface area (Å²) in [7, 11) is 0. The van der Waals surface area contributed by atoms with Gasteiger partial charge >= 0.3 is 5.97 Å². The summed E-state index contributed by atoms with van der Waals surface area (Å²) in [5.74, 6) is 0.801. The van der Waals surface area contributed by atoms with Crippen LogP contribution in [0.5, 0.6) is 5.75 Å². The molecule has 4 rings (SSSR count). The van der Waals surface area contributed by atoms with Gasteiger partial charge in [0.2, 0.25) is 0 Å². The molecule has 0 aromatic heterocycles. The number of carbonyl (C=O) groups is 2. The molecule has 0 N–H and O–H groups in total. The maximum Gasteiger partial charge on any atom is 0.350 e. The van der Waals surface area contributed by atoms with E-state index in [4.69, 9.17) is 9.47 Å². The van der Waals surface area contributed by atoms with Crippen LogP contribution in [0, 0.1) is 25.7 Å². The van der Waals surface area contributed by atoms with Crippen molar-refractivity contribution in [1.29, 1.82) is 0 Å². The van der Waals surface area contributed by atoms with E-state index in [9.17, 15) is 9.59 Å². The van der Waals surface area contributed by atoms with Crippen molar-refractivity contribution in [2.75, 3.05) is 19.3 Å². The Morgan fingerprint density at radius 3 is 2.09 bits per heavy atom. The first-order chi connectivity index (χ1) is 20.3. The number of ether oxygens (including phenoxy) is 2. The third kappa shape index (κ3) is 8.73. The Balaban J connectivity index is 1.49. The minimum Gasteiger partial charge on any atom is -0.476 e. The van der Waals surface area contributed by atoms with Crippen LogP contribution >= 0.6 is 11.8 Å². The fourth-order valence-corrected chi connectivity index (χ4v) is 6.29. The first kappa shape index (κ1) is 32.8. The van der Waals surface area contributed by atoms with Crippen LogP contribution in [0.15, 0.2) is 71.6 Å². The van der Waals surface area contributed by atoms with E-state index in [1.165, 1.54) is 11.1 Å². The van der Waals surface area contributed by atoms with Crippen LogP contribution in [0.1, 0.15) is 73.7 Å². The molecule has 0 aliphatic carbocycles. The van der Waals surface area contributed by atoms with Crippen LogP contribution in [0.3, 0.4) is 0 Å². The predicted molar refractivity (Wildman–Crippen MR) is 176 cm³/mol. The smallest absolute Gasteiger partial charge is 0.350 e. The maximum atomic E-state index is 13.8. The van der Waals surface area contributed by atoms with E-state index in [2.05, 4.69) is 47.6 Å². The fraction of sp³-hybridized carbons (Fsp3) is 0.459. The molecule has 1 fully saturated rings. The number of rotatable bonds is 11. The molecule has 43 heavy (non-hydrogen) atoms. The first-order valence-electron chi connectivity index (χ1n) is 15.2. The number of carbonyl (C=O) groups excluding carboxylic acids is 2. The minimum absolute atomic E-state index is 0.0386. The zero-order valence-corrected chi connectivity index (χ0v) is 27.8. The molecule has 2 atom stereocenters. The summed E-state index contributed by atoms with van der Waals surface area (Å²) < 4.78 is 11.9. The van der Waals surface area contributed by atoms with Crippen LogP contribution in [0.25, 0.3) is 0 Å². The van der Waals surface area contributed by atoms with Crippen LogP contribution < -0.4 is 4.74 Å². The second kappa shape index (κ2) is 13.7. The summed E-state index contributed by atoms with van der Waals surface area (Å²) in [4.78, 5) is 30.2. The van der Waals surface area contributed by atoms with E-state index in [0.29, 0.717) is 0 Å². The summed E-state index contributed by atoms with van der Waals surface area (Å²) in [6.07, 6.45) is 3.85. The lowest BCUT2D eigenvalue weighted by atomic mass is 9.84. The van der Waals surface area contributed by atoms with Gasteiger partial charge < -0.3 is 9.47 Å². The Bertz CT molecular complexity index is 1390. The van der Waals surface area contributed by atoms with Crippen LogP contribution in [0.2, 0.25) is 0 Å². The summed E-state index contributed by atoms with van der Waals surface area (Å²) in [6.45, 7) is 15.7. The van der Waals surface area contributed by atoms with Gasteiger partial charge in [-0.2, -0.15) is 0 Å². The molecule has 0 bridgehead atoms. The molecule has 3 aromatic rings. The number of benzene rings is 3. The summed E-state index contributed by atoms with van der Waals surface area (Å²) >= 11 is 1.69. The van der Waals surface area contributed by atoms with Gasteiger partial charge in [-0.05, 0) is 108 Å².